The second kappa shape index (κ2) is 7.03. The molecule has 1 aromatic carbocycles. The number of aliphatic hydroxyl groups is 1. The molecule has 0 aliphatic heterocycles. The molecule has 1 aliphatic rings. The molecule has 0 bridgehead atoms. The molecule has 0 heterocycles. The van der Waals surface area contributed by atoms with Gasteiger partial charge in [-0.2, -0.15) is 0 Å². The molecule has 1 saturated carbocycles. The van der Waals surface area contributed by atoms with Crippen LogP contribution in [-0.2, 0) is 4.79 Å². The Kier molecular flexibility index (Phi) is 5.10. The monoisotopic (exact) mass is 294 g/mol. The van der Waals surface area contributed by atoms with Crippen LogP contribution in [0.15, 0.2) is 24.3 Å². The molecular formula is C14H18N2O5. The van der Waals surface area contributed by atoms with Crippen LogP contribution in [0.3, 0.4) is 0 Å². The van der Waals surface area contributed by atoms with Gasteiger partial charge in [-0.1, -0.05) is 0 Å². The first kappa shape index (κ1) is 15.2. The number of ether oxygens (including phenoxy) is 1. The number of hydrogen-bond donors (Lipinski definition) is 2. The number of benzene rings is 1. The summed E-state index contributed by atoms with van der Waals surface area (Å²) in [7, 11) is 0. The summed E-state index contributed by atoms with van der Waals surface area (Å²) in [6, 6.07) is 5.57. The van der Waals surface area contributed by atoms with E-state index in [0.29, 0.717) is 18.2 Å². The van der Waals surface area contributed by atoms with Gasteiger partial charge in [0.2, 0.25) is 0 Å². The summed E-state index contributed by atoms with van der Waals surface area (Å²) in [4.78, 5) is 21.6. The smallest absolute Gasteiger partial charge is 0.269 e. The van der Waals surface area contributed by atoms with Crippen LogP contribution in [-0.4, -0.2) is 35.2 Å². The summed E-state index contributed by atoms with van der Waals surface area (Å²) >= 11 is 0. The number of nitrogens with one attached hydrogen (secondary N) is 1. The van der Waals surface area contributed by atoms with Gasteiger partial charge in [0, 0.05) is 18.7 Å². The molecule has 0 radical (unpaired) electrons. The molecule has 114 valence electrons. The molecule has 7 nitrogen and oxygen atoms in total. The number of nitro groups is 1. The zero-order chi connectivity index (χ0) is 15.2. The molecule has 2 unspecified atom stereocenters. The van der Waals surface area contributed by atoms with Gasteiger partial charge in [0.05, 0.1) is 11.0 Å². The first-order chi connectivity index (χ1) is 10.0. The van der Waals surface area contributed by atoms with Crippen LogP contribution < -0.4 is 10.1 Å². The minimum absolute atomic E-state index is 0.0217. The number of amides is 1. The van der Waals surface area contributed by atoms with E-state index in [4.69, 9.17) is 4.74 Å². The minimum Gasteiger partial charge on any atom is -0.484 e. The fourth-order valence-corrected chi connectivity index (χ4v) is 2.36. The highest BCUT2D eigenvalue weighted by Crippen LogP contribution is 2.24. The van der Waals surface area contributed by atoms with Crippen molar-refractivity contribution in [3.63, 3.8) is 0 Å². The predicted octanol–water partition coefficient (Wildman–Crippen LogP) is 1.25. The van der Waals surface area contributed by atoms with Crippen LogP contribution in [0.5, 0.6) is 5.75 Å². The number of rotatable bonds is 6. The molecule has 0 aromatic heterocycles. The van der Waals surface area contributed by atoms with E-state index >= 15 is 0 Å². The molecule has 0 saturated heterocycles. The molecule has 1 fully saturated rings. The fourth-order valence-electron chi connectivity index (χ4n) is 2.36. The van der Waals surface area contributed by atoms with E-state index in [9.17, 15) is 20.0 Å². The molecule has 21 heavy (non-hydrogen) atoms. The van der Waals surface area contributed by atoms with Crippen LogP contribution in [0.2, 0.25) is 0 Å². The molecular weight excluding hydrogens is 276 g/mol. The van der Waals surface area contributed by atoms with Crippen LogP contribution in [0.1, 0.15) is 19.3 Å². The van der Waals surface area contributed by atoms with Crippen molar-refractivity contribution < 1.29 is 19.6 Å². The summed E-state index contributed by atoms with van der Waals surface area (Å²) in [6.45, 7) is 0.409. The highest BCUT2D eigenvalue weighted by molar-refractivity contribution is 5.77. The third kappa shape index (κ3) is 4.71. The van der Waals surface area contributed by atoms with E-state index in [1.54, 1.807) is 0 Å². The third-order valence-electron chi connectivity index (χ3n) is 3.52. The maximum atomic E-state index is 11.6. The molecule has 2 rings (SSSR count). The molecule has 1 amide bonds. The van der Waals surface area contributed by atoms with Crippen molar-refractivity contribution in [1.82, 2.24) is 5.32 Å². The molecule has 7 heteroatoms. The Balaban J connectivity index is 1.69. The van der Waals surface area contributed by atoms with E-state index in [2.05, 4.69) is 5.32 Å². The summed E-state index contributed by atoms with van der Waals surface area (Å²) in [5, 5.41) is 22.6. The van der Waals surface area contributed by atoms with Gasteiger partial charge in [-0.25, -0.2) is 0 Å². The Labute approximate surface area is 122 Å². The van der Waals surface area contributed by atoms with E-state index < -0.39 is 4.92 Å². The second-order valence-corrected chi connectivity index (χ2v) is 5.18. The average molecular weight is 294 g/mol. The number of carbonyl (C=O) groups excluding carboxylic acids is 1. The fraction of sp³-hybridized carbons (Fsp3) is 0.500. The Morgan fingerprint density at radius 3 is 2.67 bits per heavy atom. The summed E-state index contributed by atoms with van der Waals surface area (Å²) in [5.74, 6) is 0.491. The number of hydrogen-bond acceptors (Lipinski definition) is 5. The van der Waals surface area contributed by atoms with Gasteiger partial charge < -0.3 is 15.2 Å². The summed E-state index contributed by atoms with van der Waals surface area (Å²) < 4.78 is 5.25. The zero-order valence-electron chi connectivity index (χ0n) is 11.5. The van der Waals surface area contributed by atoms with Crippen molar-refractivity contribution in [3.8, 4) is 5.75 Å². The molecule has 2 N–H and O–H groups in total. The van der Waals surface area contributed by atoms with Gasteiger partial charge in [-0.15, -0.1) is 0 Å². The quantitative estimate of drug-likeness (QED) is 0.607. The van der Waals surface area contributed by atoms with Crippen molar-refractivity contribution in [3.05, 3.63) is 34.4 Å². The number of non-ortho nitro benzene ring substituents is 1. The van der Waals surface area contributed by atoms with Gasteiger partial charge in [0.15, 0.2) is 6.61 Å². The van der Waals surface area contributed by atoms with Gasteiger partial charge in [-0.05, 0) is 37.3 Å². The molecule has 1 aliphatic carbocycles. The lowest BCUT2D eigenvalue weighted by Crippen LogP contribution is -2.32. The predicted molar refractivity (Wildman–Crippen MR) is 74.9 cm³/mol. The van der Waals surface area contributed by atoms with Gasteiger partial charge >= 0.3 is 0 Å². The number of nitrogens with zero attached hydrogens (tertiary/aromatic N) is 1. The average Bonchev–Trinajstić information content (AvgIpc) is 2.89. The van der Waals surface area contributed by atoms with E-state index in [1.807, 2.05) is 0 Å². The Bertz CT molecular complexity index is 503. The summed E-state index contributed by atoms with van der Waals surface area (Å²) in [6.07, 6.45) is 2.19. The van der Waals surface area contributed by atoms with Crippen LogP contribution in [0.4, 0.5) is 5.69 Å². The highest BCUT2D eigenvalue weighted by Gasteiger charge is 2.22. The van der Waals surface area contributed by atoms with Gasteiger partial charge in [-0.3, -0.25) is 14.9 Å². The molecule has 2 atom stereocenters. The Morgan fingerprint density at radius 2 is 2.10 bits per heavy atom. The number of nitro benzene ring substituents is 1. The lowest BCUT2D eigenvalue weighted by Gasteiger charge is -2.11. The van der Waals surface area contributed by atoms with Gasteiger partial charge in [0.25, 0.3) is 11.6 Å². The van der Waals surface area contributed by atoms with Gasteiger partial charge in [0.1, 0.15) is 5.75 Å². The summed E-state index contributed by atoms with van der Waals surface area (Å²) in [5.41, 5.74) is -0.0217. The van der Waals surface area contributed by atoms with Crippen molar-refractivity contribution in [2.24, 2.45) is 5.92 Å². The third-order valence-corrected chi connectivity index (χ3v) is 3.52. The molecule has 1 aromatic rings. The maximum Gasteiger partial charge on any atom is 0.269 e. The van der Waals surface area contributed by atoms with Crippen LogP contribution >= 0.6 is 0 Å². The Hall–Kier alpha value is -2.15. The van der Waals surface area contributed by atoms with E-state index in [0.717, 1.165) is 19.3 Å². The van der Waals surface area contributed by atoms with Crippen LogP contribution in [0.25, 0.3) is 0 Å². The topological polar surface area (TPSA) is 102 Å². The van der Waals surface area contributed by atoms with Crippen molar-refractivity contribution in [2.45, 2.75) is 25.4 Å². The SMILES string of the molecule is O=C(COc1ccc([N+](=O)[O-])cc1)NCC1CCC(O)C1. The van der Waals surface area contributed by atoms with E-state index in [-0.39, 0.29) is 24.3 Å². The first-order valence-corrected chi connectivity index (χ1v) is 6.86. The number of carbonyl (C=O) groups is 1. The van der Waals surface area contributed by atoms with Crippen molar-refractivity contribution in [1.29, 1.82) is 0 Å². The van der Waals surface area contributed by atoms with Crippen molar-refractivity contribution >= 4 is 11.6 Å². The maximum absolute atomic E-state index is 11.6. The second-order valence-electron chi connectivity index (χ2n) is 5.18. The molecule has 0 spiro atoms. The standard InChI is InChI=1S/C14H18N2O5/c17-12-4-1-10(7-12)8-15-14(18)9-21-13-5-2-11(3-6-13)16(19)20/h2-3,5-6,10,12,17H,1,4,7-9H2,(H,15,18). The first-order valence-electron chi connectivity index (χ1n) is 6.86. The normalized spacial score (nSPS) is 21.0. The van der Waals surface area contributed by atoms with Crippen LogP contribution in [0, 0.1) is 16.0 Å². The zero-order valence-corrected chi connectivity index (χ0v) is 11.5. The van der Waals surface area contributed by atoms with Crippen molar-refractivity contribution in [2.75, 3.05) is 13.2 Å². The number of aliphatic hydroxyl groups excluding tert-OH is 1. The highest BCUT2D eigenvalue weighted by atomic mass is 16.6. The minimum atomic E-state index is -0.494. The lowest BCUT2D eigenvalue weighted by atomic mass is 10.1. The largest absolute Gasteiger partial charge is 0.484 e. The van der Waals surface area contributed by atoms with E-state index in [1.165, 1.54) is 24.3 Å². The Morgan fingerprint density at radius 1 is 1.38 bits per heavy atom. The lowest BCUT2D eigenvalue weighted by molar-refractivity contribution is -0.384.